The molecule has 33 heavy (non-hydrogen) atoms. The summed E-state index contributed by atoms with van der Waals surface area (Å²) in [4.78, 5) is 23.8. The number of benzene rings is 2. The van der Waals surface area contributed by atoms with Gasteiger partial charge in [-0.3, -0.25) is 15.3 Å². The van der Waals surface area contributed by atoms with Crippen LogP contribution in [0.3, 0.4) is 0 Å². The van der Waals surface area contributed by atoms with Gasteiger partial charge >= 0.3 is 5.97 Å². The number of amides is 1. The van der Waals surface area contributed by atoms with E-state index in [1.54, 1.807) is 30.3 Å². The Morgan fingerprint density at radius 2 is 1.88 bits per heavy atom. The number of carbonyl (C=O) groups excluding carboxylic acids is 1. The molecule has 1 heterocycles. The quantitative estimate of drug-likeness (QED) is 0.352. The highest BCUT2D eigenvalue weighted by atomic mass is 35.5. The van der Waals surface area contributed by atoms with E-state index in [0.717, 1.165) is 0 Å². The molecule has 3 aromatic rings. The maximum Gasteiger partial charge on any atom is 0.333 e. The molecule has 0 radical (unpaired) electrons. The molecule has 0 aliphatic rings. The molecule has 1 aromatic heterocycles. The van der Waals surface area contributed by atoms with Gasteiger partial charge in [-0.25, -0.2) is 14.2 Å². The Morgan fingerprint density at radius 1 is 1.18 bits per heavy atom. The first-order valence-electron chi connectivity index (χ1n) is 10.2. The highest BCUT2D eigenvalue weighted by Crippen LogP contribution is 2.26. The number of aliphatic hydroxyl groups is 1. The minimum Gasteiger partial charge on any atom is -0.479 e. The summed E-state index contributed by atoms with van der Waals surface area (Å²) in [6.07, 6.45) is -1.71. The first-order valence-corrected chi connectivity index (χ1v) is 10.6. The Labute approximate surface area is 195 Å². The number of hydrogen-bond donors (Lipinski definition) is 4. The molecule has 1 unspecified atom stereocenters. The van der Waals surface area contributed by atoms with Gasteiger partial charge in [0.2, 0.25) is 0 Å². The van der Waals surface area contributed by atoms with Crippen LogP contribution < -0.4 is 5.43 Å². The van der Waals surface area contributed by atoms with Gasteiger partial charge in [-0.2, -0.15) is 5.10 Å². The summed E-state index contributed by atoms with van der Waals surface area (Å²) in [6.45, 7) is 3.62. The third-order valence-corrected chi connectivity index (χ3v) is 5.17. The van der Waals surface area contributed by atoms with E-state index >= 15 is 0 Å². The van der Waals surface area contributed by atoms with Crippen molar-refractivity contribution in [1.29, 1.82) is 0 Å². The number of aliphatic hydroxyl groups excluding tert-OH is 1. The van der Waals surface area contributed by atoms with Gasteiger partial charge in [-0.05, 0) is 41.3 Å². The van der Waals surface area contributed by atoms with Crippen molar-refractivity contribution in [3.05, 3.63) is 76.3 Å². The van der Waals surface area contributed by atoms with Crippen LogP contribution in [0, 0.1) is 5.82 Å². The van der Waals surface area contributed by atoms with E-state index in [0.29, 0.717) is 27.4 Å². The smallest absolute Gasteiger partial charge is 0.333 e. The lowest BCUT2D eigenvalue weighted by molar-refractivity contribution is -0.148. The maximum atomic E-state index is 14.1. The molecule has 4 N–H and O–H groups in total. The molecule has 0 bridgehead atoms. The predicted octanol–water partition coefficient (Wildman–Crippen LogP) is 3.59. The van der Waals surface area contributed by atoms with Gasteiger partial charge in [0.25, 0.3) is 5.91 Å². The largest absolute Gasteiger partial charge is 0.479 e. The average molecular weight is 475 g/mol. The van der Waals surface area contributed by atoms with Crippen LogP contribution in [0.1, 0.15) is 41.5 Å². The number of rotatable bonds is 9. The zero-order chi connectivity index (χ0) is 24.1. The summed E-state index contributed by atoms with van der Waals surface area (Å²) in [5.74, 6) is -2.23. The van der Waals surface area contributed by atoms with Gasteiger partial charge in [0, 0.05) is 17.1 Å². The fourth-order valence-corrected chi connectivity index (χ4v) is 3.29. The molecule has 0 fully saturated rings. The molecule has 0 aliphatic heterocycles. The van der Waals surface area contributed by atoms with E-state index in [9.17, 15) is 19.1 Å². The molecule has 0 aliphatic carbocycles. The van der Waals surface area contributed by atoms with Crippen molar-refractivity contribution in [2.45, 2.75) is 32.4 Å². The Balaban J connectivity index is 1.77. The highest BCUT2D eigenvalue weighted by molar-refractivity contribution is 6.30. The van der Waals surface area contributed by atoms with Crippen molar-refractivity contribution in [2.24, 2.45) is 0 Å². The van der Waals surface area contributed by atoms with Crippen LogP contribution in [-0.2, 0) is 11.3 Å². The van der Waals surface area contributed by atoms with Crippen LogP contribution in [0.4, 0.5) is 4.39 Å². The standard InChI is InChI=1S/C23H24ClFN4O4/c1-13(2)19-10-20(27-26-19)22(31)28-29(12-21(30)23(32)33)11-14-3-5-15(6-4-14)17-9-16(24)7-8-18(17)25/h3-10,13,21,30H,11-12H2,1-2H3,(H,26,27)(H,28,31)(H,32,33). The molecule has 8 nitrogen and oxygen atoms in total. The molecule has 1 atom stereocenters. The second-order valence-corrected chi connectivity index (χ2v) is 8.29. The minimum absolute atomic E-state index is 0.0968. The summed E-state index contributed by atoms with van der Waals surface area (Å²) < 4.78 is 14.1. The number of aliphatic carboxylic acids is 1. The average Bonchev–Trinajstić information content (AvgIpc) is 3.27. The molecule has 174 valence electrons. The zero-order valence-electron chi connectivity index (χ0n) is 18.0. The molecular weight excluding hydrogens is 451 g/mol. The number of H-pyrrole nitrogens is 1. The molecule has 1 amide bonds. The first-order chi connectivity index (χ1) is 15.6. The van der Waals surface area contributed by atoms with Crippen molar-refractivity contribution in [1.82, 2.24) is 20.6 Å². The third kappa shape index (κ3) is 6.38. The van der Waals surface area contributed by atoms with Gasteiger partial charge in [-0.1, -0.05) is 49.7 Å². The summed E-state index contributed by atoms with van der Waals surface area (Å²) in [5, 5.41) is 27.3. The molecular formula is C23H24ClFN4O4. The van der Waals surface area contributed by atoms with Crippen LogP contribution in [0.2, 0.25) is 5.02 Å². The number of aromatic nitrogens is 2. The lowest BCUT2D eigenvalue weighted by Gasteiger charge is -2.24. The number of halogens is 2. The second-order valence-electron chi connectivity index (χ2n) is 7.86. The number of carboxylic acid groups (broad SMARTS) is 1. The Kier molecular flexibility index (Phi) is 7.80. The molecule has 10 heteroatoms. The fourth-order valence-electron chi connectivity index (χ4n) is 3.12. The second kappa shape index (κ2) is 10.6. The van der Waals surface area contributed by atoms with Crippen molar-refractivity contribution >= 4 is 23.5 Å². The highest BCUT2D eigenvalue weighted by Gasteiger charge is 2.21. The molecule has 0 spiro atoms. The third-order valence-electron chi connectivity index (χ3n) is 4.94. The van der Waals surface area contributed by atoms with Crippen molar-refractivity contribution in [3.63, 3.8) is 0 Å². The lowest BCUT2D eigenvalue weighted by Crippen LogP contribution is -2.47. The molecule has 0 saturated carbocycles. The zero-order valence-corrected chi connectivity index (χ0v) is 18.8. The number of carboxylic acids is 1. The minimum atomic E-state index is -1.71. The van der Waals surface area contributed by atoms with Gasteiger partial charge in [0.05, 0.1) is 12.2 Å². The van der Waals surface area contributed by atoms with E-state index in [2.05, 4.69) is 15.6 Å². The lowest BCUT2D eigenvalue weighted by atomic mass is 10.0. The van der Waals surface area contributed by atoms with Gasteiger partial charge in [-0.15, -0.1) is 0 Å². The Hall–Kier alpha value is -3.27. The Morgan fingerprint density at radius 3 is 2.48 bits per heavy atom. The summed E-state index contributed by atoms with van der Waals surface area (Å²) in [5.41, 5.74) is 5.18. The van der Waals surface area contributed by atoms with Gasteiger partial charge in [0.1, 0.15) is 11.5 Å². The number of hydrazine groups is 1. The Bertz CT molecular complexity index is 1130. The number of aromatic amines is 1. The van der Waals surface area contributed by atoms with E-state index in [-0.39, 0.29) is 24.7 Å². The number of nitrogens with zero attached hydrogens (tertiary/aromatic N) is 2. The normalized spacial score (nSPS) is 12.2. The maximum absolute atomic E-state index is 14.1. The number of hydrogen-bond acceptors (Lipinski definition) is 5. The van der Waals surface area contributed by atoms with Crippen molar-refractivity contribution in [2.75, 3.05) is 6.54 Å². The van der Waals surface area contributed by atoms with E-state index < -0.39 is 23.8 Å². The number of carbonyl (C=O) groups is 2. The van der Waals surface area contributed by atoms with Gasteiger partial charge in [0.15, 0.2) is 6.10 Å². The summed E-state index contributed by atoms with van der Waals surface area (Å²) in [7, 11) is 0. The van der Waals surface area contributed by atoms with Crippen LogP contribution in [0.5, 0.6) is 0 Å². The van der Waals surface area contributed by atoms with E-state index in [1.807, 2.05) is 13.8 Å². The van der Waals surface area contributed by atoms with E-state index in [4.69, 9.17) is 16.7 Å². The summed E-state index contributed by atoms with van der Waals surface area (Å²) >= 11 is 5.97. The predicted molar refractivity (Wildman–Crippen MR) is 121 cm³/mol. The van der Waals surface area contributed by atoms with E-state index in [1.165, 1.54) is 23.2 Å². The van der Waals surface area contributed by atoms with Gasteiger partial charge < -0.3 is 10.2 Å². The molecule has 2 aromatic carbocycles. The molecule has 0 saturated heterocycles. The van der Waals surface area contributed by atoms with Crippen LogP contribution in [0.15, 0.2) is 48.5 Å². The SMILES string of the molecule is CC(C)c1cc(C(=O)NN(Cc2ccc(-c3cc(Cl)ccc3F)cc2)CC(O)C(=O)O)[nH]n1. The fraction of sp³-hybridized carbons (Fsp3) is 0.261. The molecule has 3 rings (SSSR count). The van der Waals surface area contributed by atoms with Crippen LogP contribution in [-0.4, -0.2) is 49.9 Å². The van der Waals surface area contributed by atoms with Crippen molar-refractivity contribution in [3.8, 4) is 11.1 Å². The van der Waals surface area contributed by atoms with Crippen molar-refractivity contribution < 1.29 is 24.2 Å². The van der Waals surface area contributed by atoms with Crippen LogP contribution in [0.25, 0.3) is 11.1 Å². The van der Waals surface area contributed by atoms with Crippen LogP contribution >= 0.6 is 11.6 Å². The number of nitrogens with one attached hydrogen (secondary N) is 2. The topological polar surface area (TPSA) is 119 Å². The summed E-state index contributed by atoms with van der Waals surface area (Å²) in [6, 6.07) is 12.7. The monoisotopic (exact) mass is 474 g/mol. The first kappa shape index (κ1) is 24.4.